The molecule has 1 heterocycles. The summed E-state index contributed by atoms with van der Waals surface area (Å²) in [7, 11) is 0. The number of carbonyl (C=O) groups is 1. The predicted molar refractivity (Wildman–Crippen MR) is 57.9 cm³/mol. The number of aliphatic carboxylic acids is 1. The standard InChI is InChI=1S/C11H21NO3/c1-5-15-11(9(13)14)6-7-12(8-11)10(2,3)4/h5-8H2,1-4H3,(H,13,14). The summed E-state index contributed by atoms with van der Waals surface area (Å²) in [6.07, 6.45) is 0.577. The highest BCUT2D eigenvalue weighted by atomic mass is 16.5. The van der Waals surface area contributed by atoms with Crippen LogP contribution in [0.1, 0.15) is 34.1 Å². The second kappa shape index (κ2) is 4.10. The van der Waals surface area contributed by atoms with Crippen LogP contribution in [0, 0.1) is 0 Å². The van der Waals surface area contributed by atoms with E-state index in [4.69, 9.17) is 4.74 Å². The first-order chi connectivity index (χ1) is 6.82. The normalized spacial score (nSPS) is 28.3. The zero-order valence-corrected chi connectivity index (χ0v) is 10.0. The third kappa shape index (κ3) is 2.49. The Morgan fingerprint density at radius 1 is 1.53 bits per heavy atom. The van der Waals surface area contributed by atoms with Crippen molar-refractivity contribution in [2.24, 2.45) is 0 Å². The summed E-state index contributed by atoms with van der Waals surface area (Å²) >= 11 is 0. The van der Waals surface area contributed by atoms with Crippen molar-refractivity contribution in [3.63, 3.8) is 0 Å². The van der Waals surface area contributed by atoms with E-state index in [0.717, 1.165) is 6.54 Å². The first-order valence-electron chi connectivity index (χ1n) is 5.44. The first kappa shape index (κ1) is 12.5. The molecule has 0 saturated carbocycles. The molecule has 1 rings (SSSR count). The van der Waals surface area contributed by atoms with Crippen LogP contribution < -0.4 is 0 Å². The van der Waals surface area contributed by atoms with Crippen LogP contribution in [0.2, 0.25) is 0 Å². The lowest BCUT2D eigenvalue weighted by molar-refractivity contribution is -0.164. The number of ether oxygens (including phenoxy) is 1. The number of hydrogen-bond donors (Lipinski definition) is 1. The summed E-state index contributed by atoms with van der Waals surface area (Å²) in [4.78, 5) is 13.4. The topological polar surface area (TPSA) is 49.8 Å². The SMILES string of the molecule is CCOC1(C(=O)O)CCN(C(C)(C)C)C1. The number of rotatable bonds is 3. The highest BCUT2D eigenvalue weighted by Gasteiger charge is 2.48. The average molecular weight is 215 g/mol. The van der Waals surface area contributed by atoms with E-state index in [1.165, 1.54) is 0 Å². The van der Waals surface area contributed by atoms with Crippen LogP contribution in [0.3, 0.4) is 0 Å². The van der Waals surface area contributed by atoms with E-state index in [2.05, 4.69) is 25.7 Å². The molecule has 4 nitrogen and oxygen atoms in total. The van der Waals surface area contributed by atoms with Gasteiger partial charge in [-0.05, 0) is 27.7 Å². The molecule has 1 aliphatic heterocycles. The zero-order valence-electron chi connectivity index (χ0n) is 10.0. The first-order valence-corrected chi connectivity index (χ1v) is 5.44. The van der Waals surface area contributed by atoms with E-state index < -0.39 is 11.6 Å². The molecule has 0 bridgehead atoms. The largest absolute Gasteiger partial charge is 0.479 e. The molecule has 1 saturated heterocycles. The Labute approximate surface area is 91.2 Å². The molecule has 0 aromatic rings. The van der Waals surface area contributed by atoms with Crippen molar-refractivity contribution in [1.29, 1.82) is 0 Å². The zero-order chi connectivity index (χ0) is 11.7. The molecule has 0 radical (unpaired) electrons. The molecular weight excluding hydrogens is 194 g/mol. The summed E-state index contributed by atoms with van der Waals surface area (Å²) in [6.45, 7) is 9.84. The minimum absolute atomic E-state index is 0.00824. The third-order valence-corrected chi connectivity index (χ3v) is 2.99. The number of nitrogens with zero attached hydrogens (tertiary/aromatic N) is 1. The maximum atomic E-state index is 11.2. The van der Waals surface area contributed by atoms with Crippen molar-refractivity contribution >= 4 is 5.97 Å². The average Bonchev–Trinajstić information content (AvgIpc) is 2.49. The summed E-state index contributed by atoms with van der Waals surface area (Å²) in [5.74, 6) is -0.837. The highest BCUT2D eigenvalue weighted by Crippen LogP contribution is 2.30. The van der Waals surface area contributed by atoms with Gasteiger partial charge in [-0.25, -0.2) is 4.79 Å². The molecule has 1 aliphatic rings. The molecule has 88 valence electrons. The van der Waals surface area contributed by atoms with Crippen molar-refractivity contribution in [3.8, 4) is 0 Å². The summed E-state index contributed by atoms with van der Waals surface area (Å²) in [5.41, 5.74) is -0.976. The molecule has 0 aliphatic carbocycles. The Balaban J connectivity index is 2.77. The van der Waals surface area contributed by atoms with Gasteiger partial charge in [-0.3, -0.25) is 4.90 Å². The van der Waals surface area contributed by atoms with E-state index in [1.54, 1.807) is 0 Å². The van der Waals surface area contributed by atoms with Gasteiger partial charge in [0.1, 0.15) is 0 Å². The van der Waals surface area contributed by atoms with E-state index in [-0.39, 0.29) is 5.54 Å². The van der Waals surface area contributed by atoms with Gasteiger partial charge in [0.05, 0.1) is 0 Å². The van der Waals surface area contributed by atoms with Gasteiger partial charge >= 0.3 is 5.97 Å². The highest BCUT2D eigenvalue weighted by molar-refractivity contribution is 5.78. The molecule has 4 heteroatoms. The Hall–Kier alpha value is -0.610. The molecule has 1 fully saturated rings. The maximum absolute atomic E-state index is 11.2. The van der Waals surface area contributed by atoms with Gasteiger partial charge < -0.3 is 9.84 Å². The van der Waals surface area contributed by atoms with Crippen LogP contribution in [0.4, 0.5) is 0 Å². The maximum Gasteiger partial charge on any atom is 0.337 e. The Morgan fingerprint density at radius 3 is 2.47 bits per heavy atom. The third-order valence-electron chi connectivity index (χ3n) is 2.99. The molecule has 1 atom stereocenters. The van der Waals surface area contributed by atoms with Gasteiger partial charge in [-0.2, -0.15) is 0 Å². The molecule has 15 heavy (non-hydrogen) atoms. The van der Waals surface area contributed by atoms with Crippen molar-refractivity contribution < 1.29 is 14.6 Å². The fraction of sp³-hybridized carbons (Fsp3) is 0.909. The second-order valence-electron chi connectivity index (χ2n) is 5.07. The van der Waals surface area contributed by atoms with Crippen molar-refractivity contribution in [3.05, 3.63) is 0 Å². The lowest BCUT2D eigenvalue weighted by Crippen LogP contribution is -2.48. The van der Waals surface area contributed by atoms with E-state index in [9.17, 15) is 9.90 Å². The van der Waals surface area contributed by atoms with Crippen LogP contribution in [-0.4, -0.2) is 46.8 Å². The Bertz CT molecular complexity index is 247. The number of likely N-dealkylation sites (tertiary alicyclic amines) is 1. The Morgan fingerprint density at radius 2 is 2.13 bits per heavy atom. The van der Waals surface area contributed by atoms with Gasteiger partial charge in [-0.1, -0.05) is 0 Å². The van der Waals surface area contributed by atoms with Crippen molar-refractivity contribution in [2.75, 3.05) is 19.7 Å². The molecule has 0 aromatic carbocycles. The minimum atomic E-state index is -0.984. The van der Waals surface area contributed by atoms with Gasteiger partial charge in [0, 0.05) is 31.7 Å². The molecule has 1 unspecified atom stereocenters. The summed E-state index contributed by atoms with van der Waals surface area (Å²) in [5, 5.41) is 9.23. The van der Waals surface area contributed by atoms with E-state index >= 15 is 0 Å². The molecule has 0 amide bonds. The summed E-state index contributed by atoms with van der Waals surface area (Å²) < 4.78 is 5.44. The lowest BCUT2D eigenvalue weighted by Gasteiger charge is -2.33. The number of carboxylic acid groups (broad SMARTS) is 1. The van der Waals surface area contributed by atoms with E-state index in [1.807, 2.05) is 6.92 Å². The second-order valence-corrected chi connectivity index (χ2v) is 5.07. The van der Waals surface area contributed by atoms with Crippen LogP contribution in [-0.2, 0) is 9.53 Å². The smallest absolute Gasteiger partial charge is 0.337 e. The van der Waals surface area contributed by atoms with Crippen LogP contribution >= 0.6 is 0 Å². The molecular formula is C11H21NO3. The van der Waals surface area contributed by atoms with Crippen molar-refractivity contribution in [2.45, 2.75) is 45.3 Å². The fourth-order valence-corrected chi connectivity index (χ4v) is 1.98. The van der Waals surface area contributed by atoms with Crippen molar-refractivity contribution in [1.82, 2.24) is 4.90 Å². The van der Waals surface area contributed by atoms with Crippen LogP contribution in [0.5, 0.6) is 0 Å². The van der Waals surface area contributed by atoms with Gasteiger partial charge in [0.15, 0.2) is 5.60 Å². The van der Waals surface area contributed by atoms with Gasteiger partial charge in [-0.15, -0.1) is 0 Å². The minimum Gasteiger partial charge on any atom is -0.479 e. The van der Waals surface area contributed by atoms with Gasteiger partial charge in [0.25, 0.3) is 0 Å². The molecule has 0 spiro atoms. The predicted octanol–water partition coefficient (Wildman–Crippen LogP) is 1.35. The Kier molecular flexibility index (Phi) is 3.41. The van der Waals surface area contributed by atoms with Gasteiger partial charge in [0.2, 0.25) is 0 Å². The lowest BCUT2D eigenvalue weighted by atomic mass is 10.0. The quantitative estimate of drug-likeness (QED) is 0.772. The fourth-order valence-electron chi connectivity index (χ4n) is 1.98. The molecule has 1 N–H and O–H groups in total. The van der Waals surface area contributed by atoms with Crippen LogP contribution in [0.15, 0.2) is 0 Å². The number of carboxylic acids is 1. The molecule has 0 aromatic heterocycles. The monoisotopic (exact) mass is 215 g/mol. The van der Waals surface area contributed by atoms with Crippen LogP contribution in [0.25, 0.3) is 0 Å². The van der Waals surface area contributed by atoms with E-state index in [0.29, 0.717) is 19.6 Å². The summed E-state index contributed by atoms with van der Waals surface area (Å²) in [6, 6.07) is 0. The number of hydrogen-bond acceptors (Lipinski definition) is 3.